The van der Waals surface area contributed by atoms with Crippen molar-refractivity contribution >= 4 is 0 Å². The second-order valence-electron chi connectivity index (χ2n) is 3.61. The molecule has 0 aliphatic carbocycles. The molecule has 2 heteroatoms. The van der Waals surface area contributed by atoms with E-state index in [-0.39, 0.29) is 0 Å². The Kier molecular flexibility index (Phi) is 7.51. The molecule has 0 fully saturated rings. The van der Waals surface area contributed by atoms with Crippen molar-refractivity contribution in [2.24, 2.45) is 0 Å². The Hall–Kier alpha value is -0.0800. The maximum Gasteiger partial charge on any atom is 0.0518 e. The predicted molar refractivity (Wildman–Crippen MR) is 53.5 cm³/mol. The zero-order valence-electron chi connectivity index (χ0n) is 8.89. The Morgan fingerprint density at radius 3 is 2.33 bits per heavy atom. The summed E-state index contributed by atoms with van der Waals surface area (Å²) in [5.41, 5.74) is 0. The minimum Gasteiger partial charge on any atom is -0.379 e. The normalized spacial score (nSPS) is 13.8. The monoisotopic (exact) mass is 173 g/mol. The average molecular weight is 173 g/mol. The summed E-state index contributed by atoms with van der Waals surface area (Å²) in [6.07, 6.45) is 4.07. The predicted octanol–water partition coefficient (Wildman–Crippen LogP) is 2.19. The highest BCUT2D eigenvalue weighted by atomic mass is 16.5. The van der Waals surface area contributed by atoms with E-state index in [0.29, 0.717) is 12.1 Å². The first kappa shape index (κ1) is 11.9. The number of hydrogen-bond acceptors (Lipinski definition) is 2. The quantitative estimate of drug-likeness (QED) is 0.596. The van der Waals surface area contributed by atoms with Gasteiger partial charge in [0.15, 0.2) is 0 Å². The standard InChI is InChI=1S/C10H23NO/c1-9(2)12-8-6-5-7-10(3)11-4/h9-11H,5-8H2,1-4H3. The molecule has 0 spiro atoms. The summed E-state index contributed by atoms with van der Waals surface area (Å²) in [6.45, 7) is 7.28. The van der Waals surface area contributed by atoms with Gasteiger partial charge in [0, 0.05) is 12.6 Å². The summed E-state index contributed by atoms with van der Waals surface area (Å²) in [5.74, 6) is 0. The van der Waals surface area contributed by atoms with E-state index in [0.717, 1.165) is 6.61 Å². The van der Waals surface area contributed by atoms with Crippen molar-refractivity contribution in [1.82, 2.24) is 5.32 Å². The minimum absolute atomic E-state index is 0.381. The molecule has 0 saturated heterocycles. The van der Waals surface area contributed by atoms with E-state index in [1.54, 1.807) is 0 Å². The van der Waals surface area contributed by atoms with Gasteiger partial charge in [-0.1, -0.05) is 0 Å². The highest BCUT2D eigenvalue weighted by molar-refractivity contribution is 4.56. The fourth-order valence-electron chi connectivity index (χ4n) is 1.02. The molecule has 12 heavy (non-hydrogen) atoms. The lowest BCUT2D eigenvalue weighted by Gasteiger charge is -2.10. The number of ether oxygens (including phenoxy) is 1. The lowest BCUT2D eigenvalue weighted by atomic mass is 10.1. The largest absolute Gasteiger partial charge is 0.379 e. The number of unbranched alkanes of at least 4 members (excludes halogenated alkanes) is 1. The topological polar surface area (TPSA) is 21.3 Å². The van der Waals surface area contributed by atoms with Crippen LogP contribution in [0.1, 0.15) is 40.0 Å². The van der Waals surface area contributed by atoms with Crippen LogP contribution in [0.25, 0.3) is 0 Å². The molecule has 1 atom stereocenters. The van der Waals surface area contributed by atoms with E-state index in [1.807, 2.05) is 7.05 Å². The van der Waals surface area contributed by atoms with Crippen LogP contribution in [0.15, 0.2) is 0 Å². The van der Waals surface area contributed by atoms with Gasteiger partial charge in [-0.2, -0.15) is 0 Å². The third kappa shape index (κ3) is 8.02. The van der Waals surface area contributed by atoms with Crippen molar-refractivity contribution in [3.8, 4) is 0 Å². The van der Waals surface area contributed by atoms with Crippen molar-refractivity contribution in [2.75, 3.05) is 13.7 Å². The van der Waals surface area contributed by atoms with Crippen LogP contribution in [0.2, 0.25) is 0 Å². The molecular formula is C10H23NO. The lowest BCUT2D eigenvalue weighted by Crippen LogP contribution is -2.20. The molecule has 0 aliphatic heterocycles. The summed E-state index contributed by atoms with van der Waals surface area (Å²) >= 11 is 0. The van der Waals surface area contributed by atoms with Crippen LogP contribution < -0.4 is 5.32 Å². The molecule has 0 aromatic heterocycles. The Morgan fingerprint density at radius 1 is 1.17 bits per heavy atom. The van der Waals surface area contributed by atoms with Crippen LogP contribution in [-0.4, -0.2) is 25.8 Å². The van der Waals surface area contributed by atoms with Crippen LogP contribution in [-0.2, 0) is 4.74 Å². The van der Waals surface area contributed by atoms with Crippen LogP contribution in [0.5, 0.6) is 0 Å². The molecule has 0 aromatic rings. The highest BCUT2D eigenvalue weighted by Crippen LogP contribution is 2.01. The van der Waals surface area contributed by atoms with Crippen molar-refractivity contribution in [3.05, 3.63) is 0 Å². The van der Waals surface area contributed by atoms with Crippen LogP contribution >= 0.6 is 0 Å². The third-order valence-corrected chi connectivity index (χ3v) is 1.98. The van der Waals surface area contributed by atoms with Gasteiger partial charge in [-0.05, 0) is 47.1 Å². The summed E-state index contributed by atoms with van der Waals surface area (Å²) in [7, 11) is 2.01. The molecule has 0 radical (unpaired) electrons. The SMILES string of the molecule is CNC(C)CCCCOC(C)C. The molecule has 1 N–H and O–H groups in total. The van der Waals surface area contributed by atoms with E-state index >= 15 is 0 Å². The van der Waals surface area contributed by atoms with Crippen molar-refractivity contribution in [1.29, 1.82) is 0 Å². The van der Waals surface area contributed by atoms with Crippen LogP contribution in [0.4, 0.5) is 0 Å². The zero-order chi connectivity index (χ0) is 9.40. The molecule has 0 heterocycles. The van der Waals surface area contributed by atoms with Gasteiger partial charge < -0.3 is 10.1 Å². The van der Waals surface area contributed by atoms with Crippen LogP contribution in [0, 0.1) is 0 Å². The Balaban J connectivity index is 3.00. The maximum absolute atomic E-state index is 5.44. The van der Waals surface area contributed by atoms with Crippen molar-refractivity contribution in [2.45, 2.75) is 52.2 Å². The second kappa shape index (κ2) is 7.56. The number of hydrogen-bond donors (Lipinski definition) is 1. The van der Waals surface area contributed by atoms with E-state index in [9.17, 15) is 0 Å². The van der Waals surface area contributed by atoms with Gasteiger partial charge in [-0.3, -0.25) is 0 Å². The number of rotatable bonds is 7. The highest BCUT2D eigenvalue weighted by Gasteiger charge is 1.97. The van der Waals surface area contributed by atoms with Gasteiger partial charge in [0.25, 0.3) is 0 Å². The van der Waals surface area contributed by atoms with Gasteiger partial charge >= 0.3 is 0 Å². The fourth-order valence-corrected chi connectivity index (χ4v) is 1.02. The molecule has 0 saturated carbocycles. The lowest BCUT2D eigenvalue weighted by molar-refractivity contribution is 0.0755. The molecule has 0 rings (SSSR count). The second-order valence-corrected chi connectivity index (χ2v) is 3.61. The molecule has 0 bridgehead atoms. The van der Waals surface area contributed by atoms with E-state index < -0.39 is 0 Å². The van der Waals surface area contributed by atoms with Gasteiger partial charge in [0.05, 0.1) is 6.10 Å². The molecule has 2 nitrogen and oxygen atoms in total. The van der Waals surface area contributed by atoms with Crippen molar-refractivity contribution in [3.63, 3.8) is 0 Å². The average Bonchev–Trinajstić information content (AvgIpc) is 2.03. The molecule has 1 unspecified atom stereocenters. The fraction of sp³-hybridized carbons (Fsp3) is 1.00. The van der Waals surface area contributed by atoms with E-state index in [4.69, 9.17) is 4.74 Å². The van der Waals surface area contributed by atoms with Crippen LogP contribution in [0.3, 0.4) is 0 Å². The summed E-state index contributed by atoms with van der Waals surface area (Å²) in [4.78, 5) is 0. The molecule has 74 valence electrons. The van der Waals surface area contributed by atoms with Gasteiger partial charge in [0.2, 0.25) is 0 Å². The smallest absolute Gasteiger partial charge is 0.0518 e. The van der Waals surface area contributed by atoms with Gasteiger partial charge in [0.1, 0.15) is 0 Å². The molecular weight excluding hydrogens is 150 g/mol. The first-order valence-electron chi connectivity index (χ1n) is 4.95. The minimum atomic E-state index is 0.381. The zero-order valence-corrected chi connectivity index (χ0v) is 8.89. The van der Waals surface area contributed by atoms with Gasteiger partial charge in [-0.25, -0.2) is 0 Å². The van der Waals surface area contributed by atoms with Gasteiger partial charge in [-0.15, -0.1) is 0 Å². The van der Waals surface area contributed by atoms with E-state index in [1.165, 1.54) is 19.3 Å². The first-order valence-corrected chi connectivity index (χ1v) is 4.95. The van der Waals surface area contributed by atoms with Crippen molar-refractivity contribution < 1.29 is 4.74 Å². The Bertz CT molecular complexity index is 93.8. The van der Waals surface area contributed by atoms with E-state index in [2.05, 4.69) is 26.1 Å². The first-order chi connectivity index (χ1) is 5.66. The summed E-state index contributed by atoms with van der Waals surface area (Å²) < 4.78 is 5.44. The Morgan fingerprint density at radius 2 is 1.83 bits per heavy atom. The molecule has 0 aliphatic rings. The molecule has 0 aromatic carbocycles. The summed E-state index contributed by atoms with van der Waals surface area (Å²) in [6, 6.07) is 0.643. The molecule has 0 amide bonds. The number of nitrogens with one attached hydrogen (secondary N) is 1. The third-order valence-electron chi connectivity index (χ3n) is 1.98. The summed E-state index contributed by atoms with van der Waals surface area (Å²) in [5, 5.41) is 3.22. The Labute approximate surface area is 76.7 Å². The maximum atomic E-state index is 5.44.